The molecule has 0 heterocycles. The molecule has 23 heavy (non-hydrogen) atoms. The average molecular weight is 343 g/mol. The number of benzene rings is 1. The van der Waals surface area contributed by atoms with E-state index in [9.17, 15) is 13.2 Å². The maximum Gasteiger partial charge on any atom is 0.409 e. The molecule has 0 atom stereocenters. The van der Waals surface area contributed by atoms with E-state index in [1.54, 1.807) is 31.3 Å². The molecule has 8 heteroatoms. The molecule has 0 aliphatic heterocycles. The smallest absolute Gasteiger partial charge is 0.409 e. The van der Waals surface area contributed by atoms with E-state index < -0.39 is 16.1 Å². The highest BCUT2D eigenvalue weighted by Gasteiger charge is 2.19. The highest BCUT2D eigenvalue weighted by molar-refractivity contribution is 7.92. The minimum atomic E-state index is -3.46. The summed E-state index contributed by atoms with van der Waals surface area (Å²) >= 11 is 0. The van der Waals surface area contributed by atoms with E-state index in [2.05, 4.69) is 0 Å². The number of unbranched alkanes of at least 4 members (excludes halogenated alkanes) is 1. The van der Waals surface area contributed by atoms with Crippen molar-refractivity contribution in [3.05, 3.63) is 24.3 Å². The number of nitrogens with zero attached hydrogens (tertiary/aromatic N) is 2. The molecule has 0 aromatic heterocycles. The Labute approximate surface area is 138 Å². The quantitative estimate of drug-likeness (QED) is 0.575. The second-order valence-corrected chi connectivity index (χ2v) is 7.22. The Bertz CT molecular complexity index is 602. The molecule has 1 amide bonds. The van der Waals surface area contributed by atoms with Gasteiger partial charge in [-0.2, -0.15) is 0 Å². The summed E-state index contributed by atoms with van der Waals surface area (Å²) in [5.41, 5.74) is 6.68. The van der Waals surface area contributed by atoms with E-state index in [1.165, 1.54) is 9.21 Å². The number of anilines is 2. The van der Waals surface area contributed by atoms with Crippen molar-refractivity contribution in [2.24, 2.45) is 0 Å². The van der Waals surface area contributed by atoms with Crippen LogP contribution in [0.3, 0.4) is 0 Å². The topological polar surface area (TPSA) is 92.9 Å². The van der Waals surface area contributed by atoms with Crippen LogP contribution in [0.25, 0.3) is 0 Å². The highest BCUT2D eigenvalue weighted by Crippen LogP contribution is 2.19. The highest BCUT2D eigenvalue weighted by atomic mass is 32.2. The first-order valence-electron chi connectivity index (χ1n) is 7.47. The Hall–Kier alpha value is -1.96. The van der Waals surface area contributed by atoms with Gasteiger partial charge in [0.1, 0.15) is 0 Å². The van der Waals surface area contributed by atoms with Crippen LogP contribution < -0.4 is 10.0 Å². The third kappa shape index (κ3) is 6.35. The third-order valence-electron chi connectivity index (χ3n) is 3.26. The van der Waals surface area contributed by atoms with E-state index in [0.29, 0.717) is 18.0 Å². The zero-order chi connectivity index (χ0) is 17.5. The second-order valence-electron chi connectivity index (χ2n) is 5.32. The van der Waals surface area contributed by atoms with Gasteiger partial charge in [-0.25, -0.2) is 13.2 Å². The first kappa shape index (κ1) is 19.1. The number of amides is 1. The fourth-order valence-electron chi connectivity index (χ4n) is 1.87. The van der Waals surface area contributed by atoms with Crippen LogP contribution in [-0.4, -0.2) is 52.4 Å². The molecule has 7 nitrogen and oxygen atoms in total. The van der Waals surface area contributed by atoms with Gasteiger partial charge in [-0.3, -0.25) is 4.31 Å². The largest absolute Gasteiger partial charge is 0.449 e. The summed E-state index contributed by atoms with van der Waals surface area (Å²) in [5.74, 6) is 0. The van der Waals surface area contributed by atoms with Crippen molar-refractivity contribution < 1.29 is 17.9 Å². The molecule has 1 aromatic carbocycles. The van der Waals surface area contributed by atoms with Crippen LogP contribution in [0.15, 0.2) is 24.3 Å². The number of sulfonamides is 1. The molecule has 0 aliphatic rings. The molecule has 0 unspecified atom stereocenters. The number of carbonyl (C=O) groups is 1. The van der Waals surface area contributed by atoms with Crippen molar-refractivity contribution in [1.82, 2.24) is 4.90 Å². The molecule has 0 radical (unpaired) electrons. The van der Waals surface area contributed by atoms with Crippen LogP contribution >= 0.6 is 0 Å². The standard InChI is InChI=1S/C15H25N3O4S/c1-4-5-12-22-15(19)17(2)10-11-18(23(3,20)21)14-8-6-13(16)7-9-14/h6-9H,4-5,10-12,16H2,1-3H3. The predicted molar refractivity (Wildman–Crippen MR) is 91.9 cm³/mol. The number of rotatable bonds is 8. The zero-order valence-electron chi connectivity index (χ0n) is 13.9. The Morgan fingerprint density at radius 1 is 1.22 bits per heavy atom. The number of hydrogen-bond donors (Lipinski definition) is 1. The monoisotopic (exact) mass is 343 g/mol. The lowest BCUT2D eigenvalue weighted by atomic mass is 10.3. The predicted octanol–water partition coefficient (Wildman–Crippen LogP) is 1.90. The van der Waals surface area contributed by atoms with Gasteiger partial charge in [0.2, 0.25) is 10.0 Å². The molecule has 0 saturated carbocycles. The first-order chi connectivity index (χ1) is 10.8. The number of nitrogens with two attached hydrogens (primary N) is 1. The summed E-state index contributed by atoms with van der Waals surface area (Å²) in [6.07, 6.45) is 2.42. The maximum atomic E-state index is 12.0. The van der Waals surface area contributed by atoms with Gasteiger partial charge in [0.25, 0.3) is 0 Å². The number of ether oxygens (including phenoxy) is 1. The fraction of sp³-hybridized carbons (Fsp3) is 0.533. The summed E-state index contributed by atoms with van der Waals surface area (Å²) in [7, 11) is -1.88. The minimum absolute atomic E-state index is 0.141. The van der Waals surface area contributed by atoms with Gasteiger partial charge in [0.05, 0.1) is 25.1 Å². The summed E-state index contributed by atoms with van der Waals surface area (Å²) in [6.45, 7) is 2.74. The van der Waals surface area contributed by atoms with Crippen molar-refractivity contribution in [3.8, 4) is 0 Å². The Morgan fingerprint density at radius 3 is 2.35 bits per heavy atom. The Balaban J connectivity index is 2.69. The van der Waals surface area contributed by atoms with Crippen molar-refractivity contribution in [3.63, 3.8) is 0 Å². The van der Waals surface area contributed by atoms with E-state index in [0.717, 1.165) is 19.1 Å². The minimum Gasteiger partial charge on any atom is -0.449 e. The molecule has 0 fully saturated rings. The summed E-state index contributed by atoms with van der Waals surface area (Å²) in [5, 5.41) is 0. The van der Waals surface area contributed by atoms with Gasteiger partial charge in [0.15, 0.2) is 0 Å². The van der Waals surface area contributed by atoms with Crippen molar-refractivity contribution in [2.75, 3.05) is 43.0 Å². The lowest BCUT2D eigenvalue weighted by molar-refractivity contribution is 0.111. The molecule has 130 valence electrons. The van der Waals surface area contributed by atoms with Crippen molar-refractivity contribution >= 4 is 27.5 Å². The normalized spacial score (nSPS) is 11.1. The first-order valence-corrected chi connectivity index (χ1v) is 9.31. The molecule has 0 spiro atoms. The maximum absolute atomic E-state index is 12.0. The van der Waals surface area contributed by atoms with Crippen LogP contribution in [-0.2, 0) is 14.8 Å². The van der Waals surface area contributed by atoms with Crippen molar-refractivity contribution in [2.45, 2.75) is 19.8 Å². The third-order valence-corrected chi connectivity index (χ3v) is 4.45. The molecule has 0 aliphatic carbocycles. The van der Waals surface area contributed by atoms with Crippen LogP contribution in [0.4, 0.5) is 16.2 Å². The number of likely N-dealkylation sites (N-methyl/N-ethyl adjacent to an activating group) is 1. The van der Waals surface area contributed by atoms with Gasteiger partial charge < -0.3 is 15.4 Å². The summed E-state index contributed by atoms with van der Waals surface area (Å²) < 4.78 is 30.3. The van der Waals surface area contributed by atoms with E-state index >= 15 is 0 Å². The Morgan fingerprint density at radius 2 is 1.83 bits per heavy atom. The van der Waals surface area contributed by atoms with Crippen LogP contribution in [0.5, 0.6) is 0 Å². The van der Waals surface area contributed by atoms with Crippen molar-refractivity contribution in [1.29, 1.82) is 0 Å². The fourth-order valence-corrected chi connectivity index (χ4v) is 2.79. The van der Waals surface area contributed by atoms with E-state index in [-0.39, 0.29) is 13.1 Å². The van der Waals surface area contributed by atoms with E-state index in [1.807, 2.05) is 6.92 Å². The van der Waals surface area contributed by atoms with Gasteiger partial charge in [-0.05, 0) is 30.7 Å². The SMILES string of the molecule is CCCCOC(=O)N(C)CCN(c1ccc(N)cc1)S(C)(=O)=O. The van der Waals surface area contributed by atoms with Gasteiger partial charge in [-0.15, -0.1) is 0 Å². The van der Waals surface area contributed by atoms with Gasteiger partial charge in [-0.1, -0.05) is 13.3 Å². The van der Waals surface area contributed by atoms with Crippen LogP contribution in [0.2, 0.25) is 0 Å². The van der Waals surface area contributed by atoms with Gasteiger partial charge in [0, 0.05) is 19.3 Å². The molecule has 1 rings (SSSR count). The van der Waals surface area contributed by atoms with Crippen LogP contribution in [0.1, 0.15) is 19.8 Å². The average Bonchev–Trinajstić information content (AvgIpc) is 2.48. The molecule has 0 saturated heterocycles. The lowest BCUT2D eigenvalue weighted by Gasteiger charge is -2.25. The summed E-state index contributed by atoms with van der Waals surface area (Å²) in [6, 6.07) is 6.54. The number of hydrogen-bond acceptors (Lipinski definition) is 5. The summed E-state index contributed by atoms with van der Waals surface area (Å²) in [4.78, 5) is 13.1. The van der Waals surface area contributed by atoms with Gasteiger partial charge >= 0.3 is 6.09 Å². The second kappa shape index (κ2) is 8.61. The molecular formula is C15H25N3O4S. The Kier molecular flexibility index (Phi) is 7.15. The van der Waals surface area contributed by atoms with E-state index in [4.69, 9.17) is 10.5 Å². The number of nitrogen functional groups attached to an aromatic ring is 1. The molecule has 1 aromatic rings. The number of carbonyl (C=O) groups excluding carboxylic acids is 1. The molecule has 2 N–H and O–H groups in total. The molecule has 0 bridgehead atoms. The lowest BCUT2D eigenvalue weighted by Crippen LogP contribution is -2.39. The molecular weight excluding hydrogens is 318 g/mol. The van der Waals surface area contributed by atoms with Crippen LogP contribution in [0, 0.1) is 0 Å². The zero-order valence-corrected chi connectivity index (χ0v) is 14.7.